The summed E-state index contributed by atoms with van der Waals surface area (Å²) in [5.41, 5.74) is 1.03. The van der Waals surface area contributed by atoms with Crippen molar-refractivity contribution >= 4 is 29.2 Å². The van der Waals surface area contributed by atoms with E-state index in [1.54, 1.807) is 53.0 Å². The van der Waals surface area contributed by atoms with Crippen LogP contribution in [0.5, 0.6) is 0 Å². The van der Waals surface area contributed by atoms with Crippen LogP contribution in [0, 0.1) is 35.5 Å². The molecule has 1 saturated carbocycles. The molecular weight excluding hydrogens is 1300 g/mol. The number of aliphatic hydroxyl groups excluding tert-OH is 11. The van der Waals surface area contributed by atoms with Crippen LogP contribution in [-0.4, -0.2) is 292 Å². The van der Waals surface area contributed by atoms with Crippen molar-refractivity contribution in [3.05, 3.63) is 47.6 Å². The summed E-state index contributed by atoms with van der Waals surface area (Å²) in [4.78, 5) is 76.0. The summed E-state index contributed by atoms with van der Waals surface area (Å²) >= 11 is 0. The van der Waals surface area contributed by atoms with Gasteiger partial charge in [-0.2, -0.15) is 0 Å². The molecule has 1 amide bonds. The molecule has 564 valence electrons. The number of hydrogen-bond donors (Lipinski definition) is 11. The summed E-state index contributed by atoms with van der Waals surface area (Å²) < 4.78 is 71.7. The Bertz CT molecular complexity index is 2730. The van der Waals surface area contributed by atoms with Gasteiger partial charge in [0.25, 0.3) is 11.7 Å². The van der Waals surface area contributed by atoms with Gasteiger partial charge in [0.1, 0.15) is 97.3 Å². The number of rotatable bonds is 18. The summed E-state index contributed by atoms with van der Waals surface area (Å²) in [6.45, 7) is 9.98. The van der Waals surface area contributed by atoms with Crippen molar-refractivity contribution < 1.29 is 137 Å². The third-order valence-corrected chi connectivity index (χ3v) is 20.8. The first-order valence-corrected chi connectivity index (χ1v) is 35.0. The maximum atomic E-state index is 15.8. The molecule has 29 heteroatoms. The highest BCUT2D eigenvalue weighted by Crippen LogP contribution is 2.43. The quantitative estimate of drug-likeness (QED) is 0.0500. The predicted octanol–water partition coefficient (Wildman–Crippen LogP) is 0.309. The fourth-order valence-corrected chi connectivity index (χ4v) is 14.6. The first kappa shape index (κ1) is 82.3. The lowest BCUT2D eigenvalue weighted by Crippen LogP contribution is -2.66. The second-order valence-corrected chi connectivity index (χ2v) is 28.1. The van der Waals surface area contributed by atoms with E-state index in [4.69, 9.17) is 56.8 Å². The fourth-order valence-electron chi connectivity index (χ4n) is 14.6. The topological polar surface area (TPSA) is 422 Å². The molecule has 0 spiro atoms. The van der Waals surface area contributed by atoms with E-state index in [2.05, 4.69) is 0 Å². The molecule has 1 unspecified atom stereocenters. The molecule has 6 heterocycles. The number of esters is 1. The third-order valence-electron chi connectivity index (χ3n) is 20.8. The Morgan fingerprint density at radius 2 is 1.27 bits per heavy atom. The van der Waals surface area contributed by atoms with Gasteiger partial charge in [0.05, 0.1) is 57.5 Å². The lowest BCUT2D eigenvalue weighted by Gasteiger charge is -2.49. The number of nitrogens with zero attached hydrogens (tertiary/aromatic N) is 1. The van der Waals surface area contributed by atoms with Crippen molar-refractivity contribution in [1.82, 2.24) is 4.90 Å². The zero-order chi connectivity index (χ0) is 72.7. The van der Waals surface area contributed by atoms with Gasteiger partial charge in [-0.1, -0.05) is 71.1 Å². The molecular formula is C70H111NO28. The van der Waals surface area contributed by atoms with Gasteiger partial charge in [0.15, 0.2) is 24.7 Å². The van der Waals surface area contributed by atoms with Gasteiger partial charge in [0, 0.05) is 58.5 Å². The molecule has 1 aliphatic carbocycles. The molecule has 0 aromatic carbocycles. The first-order chi connectivity index (χ1) is 47.0. The number of carbonyl (C=O) groups is 5. The normalized spacial score (nSPS) is 43.0. The van der Waals surface area contributed by atoms with Crippen molar-refractivity contribution in [2.75, 3.05) is 60.9 Å². The van der Waals surface area contributed by atoms with Crippen LogP contribution >= 0.6 is 0 Å². The number of Topliss-reactive ketones (excluding diaryl/α,β-unsaturated/α-hetero) is 3. The molecule has 0 aromatic rings. The van der Waals surface area contributed by atoms with Crippen LogP contribution in [-0.2, 0) is 80.8 Å². The number of hydrogen-bond acceptors (Lipinski definition) is 28. The minimum Gasteiger partial charge on any atom is -0.460 e. The van der Waals surface area contributed by atoms with Gasteiger partial charge in [-0.3, -0.25) is 19.2 Å². The Hall–Kier alpha value is -3.97. The SMILES string of the molecule is CO[C@H]1C[C@@H]2CC[C@@H](C)[C@@](O[C@@H]3O[C@H](CO[C@@H]4O[C@@H](CO[C@@H]5O[C@H](CO)[C@@H](O)[C@H](O)[C@H]5O)[C@@H](O)[C@H]4O)[C@@H](O)[C@H](O)[C@H]3O)(O2)C(=O)C(=O)N2CCCC[C@H]2C(=O)OC([C@H](C)C[C@@H]2CC[C@@H](OCCO)[C@H](OC)C2)CC(=O)[C@H](C)/C=C(\C)[C@@H](O)[C@@H](OC)C(=O)[C@H](C)C[C@H](C)/C=C/C=CC=C1C. The van der Waals surface area contributed by atoms with E-state index >= 15 is 14.4 Å². The molecule has 29 atom stereocenters. The molecule has 0 radical (unpaired) electrons. The molecule has 6 aliphatic heterocycles. The summed E-state index contributed by atoms with van der Waals surface area (Å²) in [7, 11) is 4.41. The zero-order valence-corrected chi connectivity index (χ0v) is 58.7. The third kappa shape index (κ3) is 20.5. The standard InChI is InChI=1S/C70H111NO28/c1-35-16-12-11-13-17-36(2)47(88-8)30-43-21-19-41(7)70(98-43,99-69-62(84)59(81)56(78)51(97-69)33-92-67-60(82)57(79)52(96-67)34-93-68-61(83)58(80)55(77)50(32-73)95-68)64(85)65(86)71-23-15-14-18-44(71)66(87)94-48(38(4)28-42-20-22-46(91-25-24-72)49(29-42)89-9)31-45(74)37(3)27-40(6)54(76)63(90-10)53(75)39(5)26-35/h11-13,16-17,27,35,37-39,41-44,46-52,54-63,67-69,72-73,76-84H,14-15,18-26,28-34H2,1-10H3/b13-11?,16-12+,36-17?,40-27+/t35-,37-,38-,39-,41-,42+,43+,44+,46-,47+,48?,49-,50-,51-,52+,54-,55-,56-,57-,58+,59+,60-,61-,62-,63+,67-,68-,69+,70+/m1/s1. The van der Waals surface area contributed by atoms with Crippen LogP contribution in [0.4, 0.5) is 0 Å². The van der Waals surface area contributed by atoms with Crippen LogP contribution < -0.4 is 0 Å². The van der Waals surface area contributed by atoms with Gasteiger partial charge in [-0.15, -0.1) is 0 Å². The van der Waals surface area contributed by atoms with E-state index in [9.17, 15) is 65.8 Å². The lowest BCUT2D eigenvalue weighted by molar-refractivity contribution is -0.383. The van der Waals surface area contributed by atoms with Gasteiger partial charge in [-0.05, 0) is 107 Å². The maximum absolute atomic E-state index is 15.8. The number of piperidine rings is 1. The highest BCUT2D eigenvalue weighted by Gasteiger charge is 2.59. The Balaban J connectivity index is 1.20. The smallest absolute Gasteiger partial charge is 0.329 e. The summed E-state index contributed by atoms with van der Waals surface area (Å²) in [5, 5.41) is 118. The number of aliphatic hydroxyl groups is 11. The van der Waals surface area contributed by atoms with E-state index in [0.29, 0.717) is 50.5 Å². The van der Waals surface area contributed by atoms with E-state index in [0.717, 1.165) is 10.5 Å². The van der Waals surface area contributed by atoms with E-state index in [-0.39, 0.29) is 87.5 Å². The van der Waals surface area contributed by atoms with E-state index in [1.165, 1.54) is 14.2 Å². The van der Waals surface area contributed by atoms with Crippen molar-refractivity contribution in [2.45, 2.75) is 266 Å². The van der Waals surface area contributed by atoms with E-state index < -0.39 is 190 Å². The molecule has 99 heavy (non-hydrogen) atoms. The molecule has 2 bridgehead atoms. The van der Waals surface area contributed by atoms with Crippen molar-refractivity contribution in [3.63, 3.8) is 0 Å². The largest absolute Gasteiger partial charge is 0.460 e. The molecule has 5 saturated heterocycles. The zero-order valence-electron chi connectivity index (χ0n) is 58.7. The predicted molar refractivity (Wildman–Crippen MR) is 348 cm³/mol. The monoisotopic (exact) mass is 1410 g/mol. The Morgan fingerprint density at radius 1 is 0.646 bits per heavy atom. The van der Waals surface area contributed by atoms with Crippen molar-refractivity contribution in [1.29, 1.82) is 0 Å². The first-order valence-electron chi connectivity index (χ1n) is 35.0. The van der Waals surface area contributed by atoms with Crippen LogP contribution in [0.1, 0.15) is 126 Å². The second kappa shape index (κ2) is 38.2. The van der Waals surface area contributed by atoms with Gasteiger partial charge >= 0.3 is 5.97 Å². The average Bonchev–Trinajstić information content (AvgIpc) is 1.30. The van der Waals surface area contributed by atoms with E-state index in [1.807, 2.05) is 39.0 Å². The summed E-state index contributed by atoms with van der Waals surface area (Å²) in [5.74, 6) is -9.82. The molecule has 0 aromatic heterocycles. The van der Waals surface area contributed by atoms with Crippen molar-refractivity contribution in [3.8, 4) is 0 Å². The maximum Gasteiger partial charge on any atom is 0.329 e. The minimum absolute atomic E-state index is 0.0133. The molecule has 6 fully saturated rings. The number of ether oxygens (including phenoxy) is 12. The number of cyclic esters (lactones) is 1. The van der Waals surface area contributed by atoms with Gasteiger partial charge < -0.3 is 118 Å². The van der Waals surface area contributed by atoms with Gasteiger partial charge in [-0.25, -0.2) is 4.79 Å². The molecule has 7 rings (SSSR count). The Kier molecular flexibility index (Phi) is 31.7. The van der Waals surface area contributed by atoms with Gasteiger partial charge in [0.2, 0.25) is 5.79 Å². The lowest BCUT2D eigenvalue weighted by atomic mass is 9.78. The minimum atomic E-state index is -2.67. The van der Waals surface area contributed by atoms with Crippen LogP contribution in [0.2, 0.25) is 0 Å². The highest BCUT2D eigenvalue weighted by atomic mass is 16.8. The average molecular weight is 1410 g/mol. The molecule has 29 nitrogen and oxygen atoms in total. The number of fused-ring (bicyclic) bond motifs is 3. The number of amides is 1. The fraction of sp³-hybridized carbons (Fsp3) is 0.814. The summed E-state index contributed by atoms with van der Waals surface area (Å²) in [6.07, 6.45) is -16.2. The highest BCUT2D eigenvalue weighted by molar-refractivity contribution is 6.39. The number of carbonyl (C=O) groups excluding carboxylic acids is 5. The summed E-state index contributed by atoms with van der Waals surface area (Å²) in [6, 6.07) is -1.39. The Morgan fingerprint density at radius 3 is 1.91 bits per heavy atom. The van der Waals surface area contributed by atoms with Crippen LogP contribution in [0.3, 0.4) is 0 Å². The Labute approximate surface area is 579 Å². The van der Waals surface area contributed by atoms with Crippen LogP contribution in [0.15, 0.2) is 47.6 Å². The van der Waals surface area contributed by atoms with Crippen molar-refractivity contribution in [2.24, 2.45) is 35.5 Å². The number of methoxy groups -OCH3 is 3. The van der Waals surface area contributed by atoms with Crippen LogP contribution in [0.25, 0.3) is 0 Å². The molecule has 11 N–H and O–H groups in total. The second-order valence-electron chi connectivity index (χ2n) is 28.1. The molecule has 7 aliphatic rings. The number of allylic oxidation sites excluding steroid dienone is 6. The number of ketones is 3.